The zero-order chi connectivity index (χ0) is 19.0. The Morgan fingerprint density at radius 2 is 1.50 bits per heavy atom. The second kappa shape index (κ2) is 6.91. The zero-order valence-electron chi connectivity index (χ0n) is 14.4. The van der Waals surface area contributed by atoms with Crippen molar-refractivity contribution in [3.05, 3.63) is 24.3 Å². The summed E-state index contributed by atoms with van der Waals surface area (Å²) >= 11 is 0. The van der Waals surface area contributed by atoms with Gasteiger partial charge in [-0.1, -0.05) is 12.8 Å². The third-order valence-electron chi connectivity index (χ3n) is 4.71. The molecule has 8 nitrogen and oxygen atoms in total. The van der Waals surface area contributed by atoms with Crippen LogP contribution in [0.2, 0.25) is 0 Å². The van der Waals surface area contributed by atoms with Crippen molar-refractivity contribution in [2.75, 3.05) is 7.11 Å². The molecule has 1 aromatic rings. The lowest BCUT2D eigenvalue weighted by molar-refractivity contribution is -0.147. The highest BCUT2D eigenvalue weighted by molar-refractivity contribution is 7.90. The number of esters is 1. The fourth-order valence-corrected chi connectivity index (χ4v) is 5.84. The topological polar surface area (TPSA) is 119 Å². The van der Waals surface area contributed by atoms with Crippen molar-refractivity contribution in [1.29, 1.82) is 0 Å². The number of carbonyl (C=O) groups excluding carboxylic acids is 1. The van der Waals surface area contributed by atoms with Gasteiger partial charge in [0.05, 0.1) is 16.9 Å². The molecule has 0 aromatic heterocycles. The average molecular weight is 402 g/mol. The molecule has 2 saturated carbocycles. The fraction of sp³-hybridized carbons (Fsp3) is 0.562. The first kappa shape index (κ1) is 19.3. The summed E-state index contributed by atoms with van der Waals surface area (Å²) in [5.41, 5.74) is -1.26. The molecule has 2 N–H and O–H groups in total. The van der Waals surface area contributed by atoms with E-state index in [4.69, 9.17) is 4.74 Å². The molecule has 10 heteroatoms. The van der Waals surface area contributed by atoms with Crippen molar-refractivity contribution in [2.45, 2.75) is 59.9 Å². The summed E-state index contributed by atoms with van der Waals surface area (Å²) in [4.78, 5) is 12.0. The minimum absolute atomic E-state index is 0.00639. The van der Waals surface area contributed by atoms with Crippen LogP contribution in [0.1, 0.15) is 38.5 Å². The molecule has 2 fully saturated rings. The maximum Gasteiger partial charge on any atom is 0.327 e. The van der Waals surface area contributed by atoms with Gasteiger partial charge in [-0.25, -0.2) is 21.6 Å². The van der Waals surface area contributed by atoms with Gasteiger partial charge < -0.3 is 4.74 Å². The van der Waals surface area contributed by atoms with E-state index in [9.17, 15) is 21.6 Å². The summed E-state index contributed by atoms with van der Waals surface area (Å²) in [5.74, 6) is -0.605. The minimum Gasteiger partial charge on any atom is -0.468 e. The Hall–Kier alpha value is -1.49. The van der Waals surface area contributed by atoms with Crippen LogP contribution >= 0.6 is 0 Å². The predicted molar refractivity (Wildman–Crippen MR) is 93.3 cm³/mol. The lowest BCUT2D eigenvalue weighted by atomic mass is 10.00. The first-order valence-electron chi connectivity index (χ1n) is 8.43. The molecule has 0 spiro atoms. The molecule has 0 saturated heterocycles. The zero-order valence-corrected chi connectivity index (χ0v) is 16.0. The third-order valence-corrected chi connectivity index (χ3v) is 7.80. The highest BCUT2D eigenvalue weighted by Crippen LogP contribution is 2.32. The van der Waals surface area contributed by atoms with Gasteiger partial charge in [0.15, 0.2) is 0 Å². The van der Waals surface area contributed by atoms with Crippen molar-refractivity contribution in [3.63, 3.8) is 0 Å². The molecule has 0 amide bonds. The number of hydrogen-bond acceptors (Lipinski definition) is 6. The van der Waals surface area contributed by atoms with Gasteiger partial charge in [0.2, 0.25) is 20.0 Å². The van der Waals surface area contributed by atoms with E-state index >= 15 is 0 Å². The number of benzene rings is 1. The number of rotatable bonds is 7. The Balaban J connectivity index is 1.82. The van der Waals surface area contributed by atoms with Crippen LogP contribution in [-0.2, 0) is 29.6 Å². The molecule has 3 rings (SSSR count). The van der Waals surface area contributed by atoms with Crippen molar-refractivity contribution < 1.29 is 26.4 Å². The van der Waals surface area contributed by atoms with Gasteiger partial charge in [-0.05, 0) is 49.9 Å². The molecule has 144 valence electrons. The summed E-state index contributed by atoms with van der Waals surface area (Å²) in [5, 5.41) is 0. The number of ether oxygens (including phenoxy) is 1. The Labute approximate surface area is 153 Å². The van der Waals surface area contributed by atoms with Crippen LogP contribution in [0, 0.1) is 0 Å². The van der Waals surface area contributed by atoms with Crippen LogP contribution in [0.4, 0.5) is 0 Å². The molecule has 26 heavy (non-hydrogen) atoms. The molecule has 2 aliphatic carbocycles. The van der Waals surface area contributed by atoms with Crippen molar-refractivity contribution >= 4 is 26.0 Å². The van der Waals surface area contributed by atoms with E-state index < -0.39 is 31.6 Å². The van der Waals surface area contributed by atoms with Gasteiger partial charge in [0, 0.05) is 6.04 Å². The number of carbonyl (C=O) groups is 1. The van der Waals surface area contributed by atoms with Gasteiger partial charge in [-0.15, -0.1) is 0 Å². The molecule has 0 atom stereocenters. The molecule has 0 radical (unpaired) electrons. The Morgan fingerprint density at radius 1 is 1.00 bits per heavy atom. The first-order chi connectivity index (χ1) is 12.2. The lowest BCUT2D eigenvalue weighted by Gasteiger charge is -2.26. The summed E-state index contributed by atoms with van der Waals surface area (Å²) < 4.78 is 59.5. The maximum absolute atomic E-state index is 12.7. The monoisotopic (exact) mass is 402 g/mol. The van der Waals surface area contributed by atoms with Crippen molar-refractivity contribution in [3.8, 4) is 0 Å². The Kier molecular flexibility index (Phi) is 5.13. The summed E-state index contributed by atoms with van der Waals surface area (Å²) in [6, 6.07) is 4.91. The second-order valence-corrected chi connectivity index (χ2v) is 10.1. The quantitative estimate of drug-likeness (QED) is 0.654. The first-order valence-corrected chi connectivity index (χ1v) is 11.4. The van der Waals surface area contributed by atoms with Crippen LogP contribution < -0.4 is 9.44 Å². The van der Waals surface area contributed by atoms with Gasteiger partial charge in [0.25, 0.3) is 0 Å². The van der Waals surface area contributed by atoms with Gasteiger partial charge in [-0.3, -0.25) is 4.79 Å². The fourth-order valence-electron chi connectivity index (χ4n) is 3.12. The SMILES string of the molecule is COC(=O)C1(NS(=O)(=O)c2ccc(S(=O)(=O)NC3CC3)cc2)CCCC1. The molecular formula is C16H22N2O6S2. The second-order valence-electron chi connectivity index (χ2n) is 6.75. The van der Waals surface area contributed by atoms with E-state index in [0.717, 1.165) is 25.7 Å². The van der Waals surface area contributed by atoms with Crippen molar-refractivity contribution in [1.82, 2.24) is 9.44 Å². The summed E-state index contributed by atoms with van der Waals surface area (Å²) in [6.45, 7) is 0. The molecule has 1 aromatic carbocycles. The Bertz CT molecular complexity index is 883. The van der Waals surface area contributed by atoms with Crippen LogP contribution in [0.5, 0.6) is 0 Å². The maximum atomic E-state index is 12.7. The molecule has 2 aliphatic rings. The van der Waals surface area contributed by atoms with E-state index in [2.05, 4.69) is 9.44 Å². The normalized spacial score (nSPS) is 20.0. The van der Waals surface area contributed by atoms with E-state index in [1.54, 1.807) is 0 Å². The van der Waals surface area contributed by atoms with Crippen LogP contribution in [-0.4, -0.2) is 41.5 Å². The minimum atomic E-state index is -4.00. The predicted octanol–water partition coefficient (Wildman–Crippen LogP) is 0.891. The lowest BCUT2D eigenvalue weighted by Crippen LogP contribution is -2.52. The average Bonchev–Trinajstić information content (AvgIpc) is 3.28. The summed E-state index contributed by atoms with van der Waals surface area (Å²) in [6.07, 6.45) is 3.81. The van der Waals surface area contributed by atoms with E-state index in [1.165, 1.54) is 31.4 Å². The number of sulfonamides is 2. The van der Waals surface area contributed by atoms with E-state index in [-0.39, 0.29) is 15.8 Å². The van der Waals surface area contributed by atoms with Gasteiger partial charge >= 0.3 is 5.97 Å². The highest BCUT2D eigenvalue weighted by Gasteiger charge is 2.45. The molecule has 0 unspecified atom stereocenters. The molecule has 0 heterocycles. The van der Waals surface area contributed by atoms with Crippen molar-refractivity contribution in [2.24, 2.45) is 0 Å². The highest BCUT2D eigenvalue weighted by atomic mass is 32.2. The Morgan fingerprint density at radius 3 is 1.96 bits per heavy atom. The number of methoxy groups -OCH3 is 1. The van der Waals surface area contributed by atoms with Crippen LogP contribution in [0.15, 0.2) is 34.1 Å². The largest absolute Gasteiger partial charge is 0.468 e. The molecular weight excluding hydrogens is 380 g/mol. The summed E-state index contributed by atoms with van der Waals surface area (Å²) in [7, 11) is -6.42. The standard InChI is InChI=1S/C16H22N2O6S2/c1-24-15(19)16(10-2-3-11-16)18-26(22,23)14-8-6-13(7-9-14)25(20,21)17-12-4-5-12/h6-9,12,17-18H,2-5,10-11H2,1H3. The third kappa shape index (κ3) is 3.93. The molecule has 0 bridgehead atoms. The number of nitrogens with one attached hydrogen (secondary N) is 2. The van der Waals surface area contributed by atoms with Gasteiger partial charge in [-0.2, -0.15) is 4.72 Å². The smallest absolute Gasteiger partial charge is 0.327 e. The van der Waals surface area contributed by atoms with Crippen LogP contribution in [0.25, 0.3) is 0 Å². The van der Waals surface area contributed by atoms with E-state index in [0.29, 0.717) is 12.8 Å². The number of hydrogen-bond donors (Lipinski definition) is 2. The van der Waals surface area contributed by atoms with E-state index in [1.807, 2.05) is 0 Å². The van der Waals surface area contributed by atoms with Crippen LogP contribution in [0.3, 0.4) is 0 Å². The molecule has 0 aliphatic heterocycles. The van der Waals surface area contributed by atoms with Gasteiger partial charge in [0.1, 0.15) is 5.54 Å².